The highest BCUT2D eigenvalue weighted by atomic mass is 16.6. The highest BCUT2D eigenvalue weighted by molar-refractivity contribution is 6.00. The summed E-state index contributed by atoms with van der Waals surface area (Å²) >= 11 is 0. The molecule has 2 unspecified atom stereocenters. The number of hydrogen-bond acceptors (Lipinski definition) is 4. The number of esters is 2. The van der Waals surface area contributed by atoms with Crippen LogP contribution in [-0.4, -0.2) is 24.1 Å². The van der Waals surface area contributed by atoms with Gasteiger partial charge in [-0.2, -0.15) is 0 Å². The second-order valence-corrected chi connectivity index (χ2v) is 5.80. The van der Waals surface area contributed by atoms with Crippen LogP contribution in [0.2, 0.25) is 0 Å². The Kier molecular flexibility index (Phi) is 2.59. The lowest BCUT2D eigenvalue weighted by Gasteiger charge is -2.30. The van der Waals surface area contributed by atoms with Crippen molar-refractivity contribution < 1.29 is 19.1 Å². The number of ether oxygens (including phenoxy) is 2. The monoisotopic (exact) mass is 272 g/mol. The molecule has 0 saturated heterocycles. The standard InChI is InChI=1S/C16H16O4/c17-15-11-8-6-9-5-7-10(11)14(9)16(18)20-13-4-2-1-3-12(13)19-15/h6,8,12-13H,1-5,7H2. The van der Waals surface area contributed by atoms with Crippen molar-refractivity contribution in [1.82, 2.24) is 0 Å². The van der Waals surface area contributed by atoms with Gasteiger partial charge in [0.05, 0.1) is 11.1 Å². The Balaban J connectivity index is 1.82. The number of carbonyl (C=O) groups is 2. The molecule has 0 N–H and O–H groups in total. The average Bonchev–Trinajstić information content (AvgIpc) is 2.74. The van der Waals surface area contributed by atoms with Gasteiger partial charge in [0.1, 0.15) is 12.2 Å². The molecule has 2 aliphatic carbocycles. The molecule has 20 heavy (non-hydrogen) atoms. The van der Waals surface area contributed by atoms with E-state index in [0.29, 0.717) is 11.1 Å². The second kappa shape index (κ2) is 4.33. The third-order valence-electron chi connectivity index (χ3n) is 4.63. The molecule has 0 amide bonds. The largest absolute Gasteiger partial charge is 0.455 e. The molecule has 2 atom stereocenters. The van der Waals surface area contributed by atoms with E-state index in [2.05, 4.69) is 0 Å². The van der Waals surface area contributed by atoms with Gasteiger partial charge in [-0.3, -0.25) is 0 Å². The molecule has 0 aromatic heterocycles. The molecular weight excluding hydrogens is 256 g/mol. The van der Waals surface area contributed by atoms with Crippen molar-refractivity contribution in [3.63, 3.8) is 0 Å². The minimum atomic E-state index is -0.301. The molecule has 0 radical (unpaired) electrons. The van der Waals surface area contributed by atoms with Crippen LogP contribution in [0.5, 0.6) is 0 Å². The summed E-state index contributed by atoms with van der Waals surface area (Å²) in [5.41, 5.74) is 2.97. The number of carbonyl (C=O) groups excluding carboxylic acids is 2. The summed E-state index contributed by atoms with van der Waals surface area (Å²) < 4.78 is 11.3. The van der Waals surface area contributed by atoms with Gasteiger partial charge in [-0.25, -0.2) is 9.59 Å². The van der Waals surface area contributed by atoms with Crippen molar-refractivity contribution >= 4 is 11.9 Å². The number of fused-ring (bicyclic) bond motifs is 1. The third-order valence-corrected chi connectivity index (χ3v) is 4.63. The summed E-state index contributed by atoms with van der Waals surface area (Å²) in [6, 6.07) is 3.65. The van der Waals surface area contributed by atoms with Crippen LogP contribution in [0, 0.1) is 0 Å². The zero-order chi connectivity index (χ0) is 13.7. The van der Waals surface area contributed by atoms with Gasteiger partial charge in [-0.15, -0.1) is 0 Å². The van der Waals surface area contributed by atoms with Gasteiger partial charge in [0.25, 0.3) is 0 Å². The molecule has 3 aliphatic rings. The van der Waals surface area contributed by atoms with Crippen LogP contribution < -0.4 is 0 Å². The van der Waals surface area contributed by atoms with Crippen LogP contribution in [0.25, 0.3) is 0 Å². The maximum Gasteiger partial charge on any atom is 0.339 e. The SMILES string of the molecule is O=C1OC2CCCCC2OC(=O)c2c3ccc1c2CC3. The molecule has 1 aromatic carbocycles. The Hall–Kier alpha value is -1.84. The van der Waals surface area contributed by atoms with Crippen molar-refractivity contribution in [2.24, 2.45) is 0 Å². The van der Waals surface area contributed by atoms with Crippen LogP contribution in [-0.2, 0) is 22.3 Å². The summed E-state index contributed by atoms with van der Waals surface area (Å²) in [5, 5.41) is 0. The molecule has 4 bridgehead atoms. The van der Waals surface area contributed by atoms with Crippen molar-refractivity contribution in [2.75, 3.05) is 0 Å². The predicted octanol–water partition coefficient (Wildman–Crippen LogP) is 2.42. The van der Waals surface area contributed by atoms with Crippen LogP contribution in [0.3, 0.4) is 0 Å². The number of aryl methyl sites for hydroxylation is 1. The maximum atomic E-state index is 12.4. The fourth-order valence-electron chi connectivity index (χ4n) is 3.60. The smallest absolute Gasteiger partial charge is 0.339 e. The topological polar surface area (TPSA) is 52.6 Å². The summed E-state index contributed by atoms with van der Waals surface area (Å²) in [6.07, 6.45) is 4.56. The van der Waals surface area contributed by atoms with Crippen LogP contribution in [0.4, 0.5) is 0 Å². The molecule has 1 fully saturated rings. The van der Waals surface area contributed by atoms with Crippen molar-refractivity contribution in [2.45, 2.75) is 50.7 Å². The van der Waals surface area contributed by atoms with Crippen molar-refractivity contribution in [1.29, 1.82) is 0 Å². The summed E-state index contributed by atoms with van der Waals surface area (Å²) in [5.74, 6) is -0.575. The molecule has 4 nitrogen and oxygen atoms in total. The summed E-state index contributed by atoms with van der Waals surface area (Å²) in [7, 11) is 0. The molecule has 4 heteroatoms. The molecule has 1 aromatic rings. The second-order valence-electron chi connectivity index (χ2n) is 5.80. The minimum Gasteiger partial charge on any atom is -0.455 e. The van der Waals surface area contributed by atoms with Crippen LogP contribution >= 0.6 is 0 Å². The first-order valence-electron chi connectivity index (χ1n) is 7.31. The Morgan fingerprint density at radius 2 is 1.60 bits per heavy atom. The molecule has 1 saturated carbocycles. The molecule has 1 aliphatic heterocycles. The van der Waals surface area contributed by atoms with Gasteiger partial charge < -0.3 is 9.47 Å². The first-order valence-corrected chi connectivity index (χ1v) is 7.31. The number of benzene rings is 1. The highest BCUT2D eigenvalue weighted by Gasteiger charge is 2.37. The normalized spacial score (nSPS) is 27.8. The fourth-order valence-corrected chi connectivity index (χ4v) is 3.60. The quantitative estimate of drug-likeness (QED) is 0.681. The lowest BCUT2D eigenvalue weighted by Crippen LogP contribution is -2.37. The number of rotatable bonds is 0. The molecule has 4 rings (SSSR count). The third kappa shape index (κ3) is 1.67. The minimum absolute atomic E-state index is 0.274. The Labute approximate surface area is 117 Å². The molecular formula is C16H16O4. The van der Waals surface area contributed by atoms with Gasteiger partial charge in [0, 0.05) is 0 Å². The van der Waals surface area contributed by atoms with E-state index in [4.69, 9.17) is 9.47 Å². The van der Waals surface area contributed by atoms with E-state index in [9.17, 15) is 9.59 Å². The van der Waals surface area contributed by atoms with E-state index < -0.39 is 0 Å². The average molecular weight is 272 g/mol. The van der Waals surface area contributed by atoms with Crippen LogP contribution in [0.1, 0.15) is 57.5 Å². The highest BCUT2D eigenvalue weighted by Crippen LogP contribution is 2.34. The van der Waals surface area contributed by atoms with E-state index in [1.165, 1.54) is 0 Å². The van der Waals surface area contributed by atoms with Gasteiger partial charge in [0.15, 0.2) is 0 Å². The first-order chi connectivity index (χ1) is 9.74. The lowest BCUT2D eigenvalue weighted by atomic mass is 9.94. The van der Waals surface area contributed by atoms with E-state index in [1.54, 1.807) is 6.07 Å². The van der Waals surface area contributed by atoms with Gasteiger partial charge in [0.2, 0.25) is 0 Å². The van der Waals surface area contributed by atoms with E-state index >= 15 is 0 Å². The van der Waals surface area contributed by atoms with Gasteiger partial charge in [-0.1, -0.05) is 6.07 Å². The summed E-state index contributed by atoms with van der Waals surface area (Å²) in [4.78, 5) is 24.8. The zero-order valence-electron chi connectivity index (χ0n) is 11.2. The number of hydrogen-bond donors (Lipinski definition) is 0. The van der Waals surface area contributed by atoms with E-state index in [-0.39, 0.29) is 24.1 Å². The lowest BCUT2D eigenvalue weighted by molar-refractivity contribution is -0.0505. The molecule has 0 spiro atoms. The first kappa shape index (κ1) is 11.9. The molecule has 1 heterocycles. The fraction of sp³-hybridized carbons (Fsp3) is 0.500. The summed E-state index contributed by atoms with van der Waals surface area (Å²) in [6.45, 7) is 0. The van der Waals surface area contributed by atoms with Crippen molar-refractivity contribution in [3.05, 3.63) is 34.4 Å². The van der Waals surface area contributed by atoms with Crippen LogP contribution in [0.15, 0.2) is 12.1 Å². The Bertz CT molecular complexity index is 605. The van der Waals surface area contributed by atoms with Gasteiger partial charge in [-0.05, 0) is 55.7 Å². The predicted molar refractivity (Wildman–Crippen MR) is 70.7 cm³/mol. The maximum absolute atomic E-state index is 12.4. The van der Waals surface area contributed by atoms with E-state index in [0.717, 1.165) is 49.7 Å². The zero-order valence-corrected chi connectivity index (χ0v) is 11.2. The van der Waals surface area contributed by atoms with Crippen molar-refractivity contribution in [3.8, 4) is 0 Å². The Morgan fingerprint density at radius 1 is 0.900 bits per heavy atom. The Morgan fingerprint density at radius 3 is 2.35 bits per heavy atom. The van der Waals surface area contributed by atoms with Gasteiger partial charge >= 0.3 is 11.9 Å². The molecule has 104 valence electrons. The van der Waals surface area contributed by atoms with E-state index in [1.807, 2.05) is 6.07 Å².